The van der Waals surface area contributed by atoms with Gasteiger partial charge >= 0.3 is 0 Å². The van der Waals surface area contributed by atoms with E-state index in [-0.39, 0.29) is 9.52 Å². The Hall–Kier alpha value is -0.563. The summed E-state index contributed by atoms with van der Waals surface area (Å²) in [5, 5.41) is 1.61. The highest BCUT2D eigenvalue weighted by atomic mass is 28.2. The summed E-state index contributed by atoms with van der Waals surface area (Å²) in [6.45, 7) is 7.03. The first-order valence-corrected chi connectivity index (χ1v) is 6.74. The maximum atomic E-state index is 2.40. The number of hydrogen-bond acceptors (Lipinski definition) is 0. The summed E-state index contributed by atoms with van der Waals surface area (Å²) < 4.78 is 0. The van der Waals surface area contributed by atoms with Crippen LogP contribution in [0.2, 0.25) is 5.54 Å². The van der Waals surface area contributed by atoms with E-state index in [2.05, 4.69) is 51.1 Å². The second kappa shape index (κ2) is 5.23. The Labute approximate surface area is 84.2 Å². The largest absolute Gasteiger partial charge is 0.0667 e. The van der Waals surface area contributed by atoms with Crippen LogP contribution in [0.3, 0.4) is 0 Å². The Balaban J connectivity index is 2.41. The molecule has 0 saturated carbocycles. The number of benzene rings is 1. The Morgan fingerprint density at radius 3 is 2.23 bits per heavy atom. The molecule has 0 aliphatic carbocycles. The van der Waals surface area contributed by atoms with Gasteiger partial charge in [-0.15, -0.1) is 0 Å². The summed E-state index contributed by atoms with van der Waals surface area (Å²) in [6.07, 6.45) is 1.39. The van der Waals surface area contributed by atoms with Gasteiger partial charge in [0.25, 0.3) is 0 Å². The lowest BCUT2D eigenvalue weighted by Crippen LogP contribution is -2.18. The maximum Gasteiger partial charge on any atom is 0.0575 e. The van der Waals surface area contributed by atoms with Gasteiger partial charge in [-0.25, -0.2) is 0 Å². The van der Waals surface area contributed by atoms with E-state index in [9.17, 15) is 0 Å². The van der Waals surface area contributed by atoms with Crippen LogP contribution in [0.5, 0.6) is 0 Å². The van der Waals surface area contributed by atoms with E-state index in [0.717, 1.165) is 11.5 Å². The van der Waals surface area contributed by atoms with Crippen molar-refractivity contribution in [2.24, 2.45) is 5.92 Å². The summed E-state index contributed by atoms with van der Waals surface area (Å²) in [7, 11) is -0.0298. The molecule has 0 heterocycles. The first kappa shape index (κ1) is 10.5. The van der Waals surface area contributed by atoms with Gasteiger partial charge in [-0.1, -0.05) is 62.7 Å². The molecule has 1 rings (SSSR count). The molecule has 0 amide bonds. The minimum atomic E-state index is -0.0298. The van der Waals surface area contributed by atoms with Crippen LogP contribution in [0.1, 0.15) is 27.2 Å². The Morgan fingerprint density at radius 2 is 1.69 bits per heavy atom. The van der Waals surface area contributed by atoms with Crippen molar-refractivity contribution in [2.45, 2.75) is 32.7 Å². The molecule has 0 bridgehead atoms. The predicted molar refractivity (Wildman–Crippen MR) is 63.5 cm³/mol. The number of rotatable bonds is 4. The lowest BCUT2D eigenvalue weighted by molar-refractivity contribution is 0.574. The minimum Gasteiger partial charge on any atom is -0.0667 e. The van der Waals surface area contributed by atoms with E-state index in [1.807, 2.05) is 0 Å². The third-order valence-corrected chi connectivity index (χ3v) is 4.27. The Kier molecular flexibility index (Phi) is 4.23. The zero-order chi connectivity index (χ0) is 9.68. The fourth-order valence-electron chi connectivity index (χ4n) is 1.90. The summed E-state index contributed by atoms with van der Waals surface area (Å²) in [5.74, 6) is 0.853. The van der Waals surface area contributed by atoms with Crippen molar-refractivity contribution in [3.8, 4) is 0 Å². The maximum absolute atomic E-state index is 2.40. The van der Waals surface area contributed by atoms with Crippen LogP contribution >= 0.6 is 0 Å². The SMILES string of the molecule is CC(C)C[C@H](C)[SiH2]c1ccccc1. The fourth-order valence-corrected chi connectivity index (χ4v) is 4.09. The second-order valence-electron chi connectivity index (χ2n) is 4.42. The quantitative estimate of drug-likeness (QED) is 0.642. The van der Waals surface area contributed by atoms with Crippen molar-refractivity contribution in [2.75, 3.05) is 0 Å². The monoisotopic (exact) mass is 192 g/mol. The van der Waals surface area contributed by atoms with E-state index in [1.165, 1.54) is 6.42 Å². The zero-order valence-corrected chi connectivity index (χ0v) is 10.4. The van der Waals surface area contributed by atoms with Crippen molar-refractivity contribution in [1.29, 1.82) is 0 Å². The Bertz CT molecular complexity index is 228. The molecule has 0 nitrogen and oxygen atoms in total. The standard InChI is InChI=1S/C12H20Si/c1-10(2)9-11(3)13-12-7-5-4-6-8-12/h4-8,10-11H,9,13H2,1-3H3/t11-/m0/s1. The van der Waals surface area contributed by atoms with Crippen molar-refractivity contribution < 1.29 is 0 Å². The normalized spacial score (nSPS) is 14.2. The molecule has 72 valence electrons. The molecule has 0 aromatic heterocycles. The molecule has 0 radical (unpaired) electrons. The molecule has 1 heteroatoms. The highest BCUT2D eigenvalue weighted by Crippen LogP contribution is 2.14. The minimum absolute atomic E-state index is 0.0298. The smallest absolute Gasteiger partial charge is 0.0575 e. The first-order chi connectivity index (χ1) is 6.18. The topological polar surface area (TPSA) is 0 Å². The molecule has 0 fully saturated rings. The van der Waals surface area contributed by atoms with Gasteiger partial charge in [-0.05, 0) is 11.5 Å². The van der Waals surface area contributed by atoms with Crippen molar-refractivity contribution >= 4 is 14.7 Å². The van der Waals surface area contributed by atoms with Crippen molar-refractivity contribution in [3.63, 3.8) is 0 Å². The van der Waals surface area contributed by atoms with E-state index in [1.54, 1.807) is 5.19 Å². The van der Waals surface area contributed by atoms with Crippen LogP contribution in [-0.4, -0.2) is 9.52 Å². The van der Waals surface area contributed by atoms with Gasteiger partial charge in [0.15, 0.2) is 0 Å². The summed E-state index contributed by atoms with van der Waals surface area (Å²) >= 11 is 0. The van der Waals surface area contributed by atoms with Gasteiger partial charge in [0.05, 0.1) is 9.52 Å². The van der Waals surface area contributed by atoms with Crippen molar-refractivity contribution in [1.82, 2.24) is 0 Å². The van der Waals surface area contributed by atoms with Crippen LogP contribution in [0.4, 0.5) is 0 Å². The van der Waals surface area contributed by atoms with Crippen LogP contribution in [-0.2, 0) is 0 Å². The van der Waals surface area contributed by atoms with Gasteiger partial charge in [0.2, 0.25) is 0 Å². The molecule has 1 atom stereocenters. The average molecular weight is 192 g/mol. The molecule has 0 spiro atoms. The van der Waals surface area contributed by atoms with Gasteiger partial charge in [-0.3, -0.25) is 0 Å². The molecule has 13 heavy (non-hydrogen) atoms. The molecule has 1 aromatic carbocycles. The fraction of sp³-hybridized carbons (Fsp3) is 0.500. The van der Waals surface area contributed by atoms with Gasteiger partial charge in [-0.2, -0.15) is 0 Å². The second-order valence-corrected chi connectivity index (χ2v) is 7.04. The molecule has 0 N–H and O–H groups in total. The van der Waals surface area contributed by atoms with Gasteiger partial charge in [0.1, 0.15) is 0 Å². The van der Waals surface area contributed by atoms with Crippen LogP contribution in [0.25, 0.3) is 0 Å². The predicted octanol–water partition coefficient (Wildman–Crippen LogP) is 2.34. The molecule has 0 saturated heterocycles. The molecule has 0 aliphatic rings. The summed E-state index contributed by atoms with van der Waals surface area (Å²) in [6, 6.07) is 11.0. The van der Waals surface area contributed by atoms with E-state index in [4.69, 9.17) is 0 Å². The van der Waals surface area contributed by atoms with Crippen LogP contribution in [0.15, 0.2) is 30.3 Å². The highest BCUT2D eigenvalue weighted by Gasteiger charge is 2.06. The van der Waals surface area contributed by atoms with E-state index >= 15 is 0 Å². The van der Waals surface area contributed by atoms with E-state index in [0.29, 0.717) is 0 Å². The molecular formula is C12H20Si. The lowest BCUT2D eigenvalue weighted by atomic mass is 10.1. The highest BCUT2D eigenvalue weighted by molar-refractivity contribution is 6.54. The van der Waals surface area contributed by atoms with Crippen LogP contribution in [0, 0.1) is 5.92 Å². The number of hydrogen-bond donors (Lipinski definition) is 0. The van der Waals surface area contributed by atoms with Crippen LogP contribution < -0.4 is 5.19 Å². The van der Waals surface area contributed by atoms with Gasteiger partial charge < -0.3 is 0 Å². The van der Waals surface area contributed by atoms with E-state index < -0.39 is 0 Å². The van der Waals surface area contributed by atoms with Gasteiger partial charge in [0, 0.05) is 0 Å². The molecule has 0 aliphatic heterocycles. The summed E-state index contributed by atoms with van der Waals surface area (Å²) in [4.78, 5) is 0. The van der Waals surface area contributed by atoms with Crippen molar-refractivity contribution in [3.05, 3.63) is 30.3 Å². The third-order valence-electron chi connectivity index (χ3n) is 2.30. The zero-order valence-electron chi connectivity index (χ0n) is 8.96. The average Bonchev–Trinajstić information content (AvgIpc) is 2.04. The third kappa shape index (κ3) is 4.27. The molecular weight excluding hydrogens is 172 g/mol. The lowest BCUT2D eigenvalue weighted by Gasteiger charge is -2.12. The first-order valence-electron chi connectivity index (χ1n) is 5.22. The Morgan fingerprint density at radius 1 is 1.08 bits per heavy atom. The molecule has 1 aromatic rings. The summed E-state index contributed by atoms with van der Waals surface area (Å²) in [5.41, 5.74) is 0.947. The molecule has 0 unspecified atom stereocenters.